The molecule has 27 heavy (non-hydrogen) atoms. The summed E-state index contributed by atoms with van der Waals surface area (Å²) in [6, 6.07) is 37.1. The van der Waals surface area contributed by atoms with Crippen molar-refractivity contribution in [2.75, 3.05) is 0 Å². The molecule has 0 unspecified atom stereocenters. The van der Waals surface area contributed by atoms with E-state index in [-0.39, 0.29) is 0 Å². The van der Waals surface area contributed by atoms with Gasteiger partial charge in [-0.1, -0.05) is 84.9 Å². The van der Waals surface area contributed by atoms with Crippen LogP contribution >= 0.6 is 0 Å². The fourth-order valence-corrected chi connectivity index (χ4v) is 3.96. The minimum atomic E-state index is 1.26. The molecule has 0 radical (unpaired) electrons. The fourth-order valence-electron chi connectivity index (χ4n) is 3.96. The lowest BCUT2D eigenvalue weighted by atomic mass is 9.93. The third-order valence-electron chi connectivity index (χ3n) is 5.44. The smallest absolute Gasteiger partial charge is 0.0142 e. The van der Waals surface area contributed by atoms with Gasteiger partial charge in [-0.3, -0.25) is 0 Å². The van der Waals surface area contributed by atoms with Crippen LogP contribution in [0.15, 0.2) is 103 Å². The van der Waals surface area contributed by atoms with Crippen molar-refractivity contribution in [3.05, 3.63) is 109 Å². The molecule has 0 aliphatic rings. The summed E-state index contributed by atoms with van der Waals surface area (Å²) < 4.78 is 0. The van der Waals surface area contributed by atoms with Crippen molar-refractivity contribution >= 4 is 21.5 Å². The normalized spacial score (nSPS) is 11.1. The van der Waals surface area contributed by atoms with E-state index in [1.165, 1.54) is 49.4 Å². The molecular formula is C27H20. The van der Waals surface area contributed by atoms with E-state index in [1.807, 2.05) is 0 Å². The molecule has 0 bridgehead atoms. The molecule has 0 atom stereocenters. The lowest BCUT2D eigenvalue weighted by molar-refractivity contribution is 1.57. The number of fused-ring (bicyclic) bond motifs is 2. The van der Waals surface area contributed by atoms with E-state index >= 15 is 0 Å². The van der Waals surface area contributed by atoms with E-state index in [9.17, 15) is 0 Å². The lowest BCUT2D eigenvalue weighted by Crippen LogP contribution is -1.86. The van der Waals surface area contributed by atoms with Crippen molar-refractivity contribution in [2.24, 2.45) is 0 Å². The monoisotopic (exact) mass is 344 g/mol. The summed E-state index contributed by atoms with van der Waals surface area (Å²) in [5.41, 5.74) is 6.41. The first kappa shape index (κ1) is 15.8. The van der Waals surface area contributed by atoms with E-state index < -0.39 is 0 Å². The van der Waals surface area contributed by atoms with Gasteiger partial charge in [-0.25, -0.2) is 0 Å². The summed E-state index contributed by atoms with van der Waals surface area (Å²) in [4.78, 5) is 0. The van der Waals surface area contributed by atoms with Gasteiger partial charge in [0.2, 0.25) is 0 Å². The third-order valence-corrected chi connectivity index (χ3v) is 5.44. The van der Waals surface area contributed by atoms with E-state index in [0.717, 1.165) is 0 Å². The van der Waals surface area contributed by atoms with Crippen molar-refractivity contribution in [2.45, 2.75) is 6.92 Å². The van der Waals surface area contributed by atoms with Gasteiger partial charge in [-0.15, -0.1) is 0 Å². The molecule has 0 spiro atoms. The molecule has 0 amide bonds. The van der Waals surface area contributed by atoms with Crippen molar-refractivity contribution < 1.29 is 0 Å². The Labute approximate surface area is 159 Å². The van der Waals surface area contributed by atoms with Crippen LogP contribution in [0.5, 0.6) is 0 Å². The number of hydrogen-bond donors (Lipinski definition) is 0. The van der Waals surface area contributed by atoms with E-state index in [4.69, 9.17) is 0 Å². The molecule has 5 aromatic rings. The molecule has 0 aliphatic heterocycles. The SMILES string of the molecule is Cc1c2ccc(-c3ccccc3)cc2cc2ccc(-c3ccccc3)cc12. The quantitative estimate of drug-likeness (QED) is 0.289. The van der Waals surface area contributed by atoms with Crippen LogP contribution in [0.2, 0.25) is 0 Å². The number of rotatable bonds is 2. The molecule has 0 aromatic heterocycles. The van der Waals surface area contributed by atoms with Gasteiger partial charge in [0.15, 0.2) is 0 Å². The van der Waals surface area contributed by atoms with E-state index in [2.05, 4.69) is 110 Å². The van der Waals surface area contributed by atoms with Crippen molar-refractivity contribution in [1.29, 1.82) is 0 Å². The average Bonchev–Trinajstić information content (AvgIpc) is 2.75. The zero-order chi connectivity index (χ0) is 18.2. The van der Waals surface area contributed by atoms with Gasteiger partial charge in [0, 0.05) is 0 Å². The Morgan fingerprint density at radius 1 is 0.407 bits per heavy atom. The largest absolute Gasteiger partial charge is 0.0622 e. The summed E-state index contributed by atoms with van der Waals surface area (Å²) in [6.07, 6.45) is 0. The molecule has 0 heteroatoms. The zero-order valence-electron chi connectivity index (χ0n) is 15.3. The lowest BCUT2D eigenvalue weighted by Gasteiger charge is -2.11. The van der Waals surface area contributed by atoms with Crippen LogP contribution < -0.4 is 0 Å². The molecule has 128 valence electrons. The first-order valence-corrected chi connectivity index (χ1v) is 9.37. The van der Waals surface area contributed by atoms with Crippen LogP contribution in [0.1, 0.15) is 5.56 Å². The Bertz CT molecular complexity index is 1250. The Balaban J connectivity index is 1.70. The molecule has 0 N–H and O–H groups in total. The predicted octanol–water partition coefficient (Wildman–Crippen LogP) is 7.64. The number of aryl methyl sites for hydroxylation is 1. The Hall–Kier alpha value is -3.38. The van der Waals surface area contributed by atoms with Gasteiger partial charge < -0.3 is 0 Å². The van der Waals surface area contributed by atoms with Gasteiger partial charge in [0.05, 0.1) is 0 Å². The fraction of sp³-hybridized carbons (Fsp3) is 0.0370. The summed E-state index contributed by atoms with van der Waals surface area (Å²) in [5.74, 6) is 0. The Morgan fingerprint density at radius 3 is 1.67 bits per heavy atom. The molecule has 0 saturated heterocycles. The Kier molecular flexibility index (Phi) is 3.76. The van der Waals surface area contributed by atoms with Crippen LogP contribution in [0.4, 0.5) is 0 Å². The molecule has 5 aromatic carbocycles. The van der Waals surface area contributed by atoms with Gasteiger partial charge in [-0.2, -0.15) is 0 Å². The zero-order valence-corrected chi connectivity index (χ0v) is 15.3. The molecule has 0 fully saturated rings. The van der Waals surface area contributed by atoms with Crippen LogP contribution in [-0.2, 0) is 0 Å². The maximum atomic E-state index is 2.32. The van der Waals surface area contributed by atoms with Crippen molar-refractivity contribution in [3.63, 3.8) is 0 Å². The summed E-state index contributed by atoms with van der Waals surface area (Å²) in [6.45, 7) is 2.24. The topological polar surface area (TPSA) is 0 Å². The summed E-state index contributed by atoms with van der Waals surface area (Å²) in [7, 11) is 0. The first-order valence-electron chi connectivity index (χ1n) is 9.37. The van der Waals surface area contributed by atoms with Gasteiger partial charge in [-0.05, 0) is 74.5 Å². The molecule has 5 rings (SSSR count). The molecule has 0 nitrogen and oxygen atoms in total. The number of hydrogen-bond acceptors (Lipinski definition) is 0. The maximum absolute atomic E-state index is 2.32. The standard InChI is InChI=1S/C27H20/c1-19-26-15-14-22(20-8-4-2-5-9-20)16-25(26)17-24-13-12-23(18-27(19)24)21-10-6-3-7-11-21/h2-18H,1H3. The molecule has 0 saturated carbocycles. The second-order valence-corrected chi connectivity index (χ2v) is 7.11. The second-order valence-electron chi connectivity index (χ2n) is 7.11. The predicted molar refractivity (Wildman–Crippen MR) is 117 cm³/mol. The van der Waals surface area contributed by atoms with E-state index in [0.29, 0.717) is 0 Å². The highest BCUT2D eigenvalue weighted by Gasteiger charge is 2.07. The van der Waals surface area contributed by atoms with Crippen molar-refractivity contribution in [3.8, 4) is 22.3 Å². The second kappa shape index (κ2) is 6.41. The Morgan fingerprint density at radius 2 is 1.00 bits per heavy atom. The van der Waals surface area contributed by atoms with Gasteiger partial charge in [0.25, 0.3) is 0 Å². The highest BCUT2D eigenvalue weighted by atomic mass is 14.1. The van der Waals surface area contributed by atoms with Crippen molar-refractivity contribution in [1.82, 2.24) is 0 Å². The highest BCUT2D eigenvalue weighted by Crippen LogP contribution is 2.33. The molecular weight excluding hydrogens is 324 g/mol. The average molecular weight is 344 g/mol. The van der Waals surface area contributed by atoms with Crippen LogP contribution in [-0.4, -0.2) is 0 Å². The maximum Gasteiger partial charge on any atom is -0.0142 e. The van der Waals surface area contributed by atoms with Gasteiger partial charge >= 0.3 is 0 Å². The number of benzene rings is 5. The first-order chi connectivity index (χ1) is 13.3. The van der Waals surface area contributed by atoms with Gasteiger partial charge in [0.1, 0.15) is 0 Å². The van der Waals surface area contributed by atoms with Crippen LogP contribution in [0, 0.1) is 6.92 Å². The molecule has 0 aliphatic carbocycles. The minimum absolute atomic E-state index is 1.26. The summed E-state index contributed by atoms with van der Waals surface area (Å²) >= 11 is 0. The van der Waals surface area contributed by atoms with Crippen LogP contribution in [0.3, 0.4) is 0 Å². The highest BCUT2D eigenvalue weighted by molar-refractivity contribution is 6.04. The third kappa shape index (κ3) is 2.80. The minimum Gasteiger partial charge on any atom is -0.0622 e. The molecule has 0 heterocycles. The van der Waals surface area contributed by atoms with Crippen LogP contribution in [0.25, 0.3) is 43.8 Å². The summed E-state index contributed by atoms with van der Waals surface area (Å²) in [5, 5.41) is 5.25. The van der Waals surface area contributed by atoms with E-state index in [1.54, 1.807) is 0 Å².